The van der Waals surface area contributed by atoms with E-state index in [0.717, 1.165) is 21.8 Å². The summed E-state index contributed by atoms with van der Waals surface area (Å²) in [6.07, 6.45) is -3.88. The molecule has 0 unspecified atom stereocenters. The highest BCUT2D eigenvalue weighted by Crippen LogP contribution is 2.33. The molecular formula is C21H15F3N4OS. The van der Waals surface area contributed by atoms with Crippen molar-refractivity contribution in [2.75, 3.05) is 0 Å². The van der Waals surface area contributed by atoms with Crippen LogP contribution in [-0.4, -0.2) is 21.4 Å². The van der Waals surface area contributed by atoms with Crippen LogP contribution in [0.25, 0.3) is 15.8 Å². The molecule has 9 heteroatoms. The van der Waals surface area contributed by atoms with Crippen molar-refractivity contribution in [2.24, 2.45) is 5.10 Å². The van der Waals surface area contributed by atoms with E-state index in [1.165, 1.54) is 23.5 Å². The molecule has 0 radical (unpaired) electrons. The van der Waals surface area contributed by atoms with Crippen LogP contribution in [0, 0.1) is 0 Å². The van der Waals surface area contributed by atoms with Gasteiger partial charge in [0.25, 0.3) is 5.91 Å². The summed E-state index contributed by atoms with van der Waals surface area (Å²) in [6, 6.07) is 15.5. The van der Waals surface area contributed by atoms with E-state index in [0.29, 0.717) is 10.4 Å². The molecule has 2 aromatic carbocycles. The molecule has 30 heavy (non-hydrogen) atoms. The van der Waals surface area contributed by atoms with Crippen molar-refractivity contribution in [3.63, 3.8) is 0 Å². The smallest absolute Gasteiger partial charge is 0.267 e. The molecule has 0 aliphatic heterocycles. The molecule has 4 aromatic rings. The molecule has 152 valence electrons. The quantitative estimate of drug-likeness (QED) is 0.356. The third-order valence-corrected chi connectivity index (χ3v) is 5.44. The summed E-state index contributed by atoms with van der Waals surface area (Å²) in [6.45, 7) is 1.69. The number of hydrogen-bond acceptors (Lipinski definition) is 4. The number of amides is 1. The fraction of sp³-hybridized carbons (Fsp3) is 0.0952. The first-order chi connectivity index (χ1) is 14.4. The Morgan fingerprint density at radius 1 is 1.07 bits per heavy atom. The zero-order chi connectivity index (χ0) is 21.3. The minimum absolute atomic E-state index is 0.202. The van der Waals surface area contributed by atoms with Crippen molar-refractivity contribution >= 4 is 33.0 Å². The molecular weight excluding hydrogens is 413 g/mol. The molecule has 2 aromatic heterocycles. The maximum atomic E-state index is 13.7. The number of nitrogens with zero attached hydrogens (tertiary/aromatic N) is 3. The van der Waals surface area contributed by atoms with Crippen LogP contribution >= 0.6 is 11.3 Å². The number of hydrogen-bond donors (Lipinski definition) is 1. The molecule has 4 rings (SSSR count). The van der Waals surface area contributed by atoms with Crippen molar-refractivity contribution in [1.29, 1.82) is 0 Å². The number of aromatic nitrogens is 2. The zero-order valence-electron chi connectivity index (χ0n) is 15.6. The molecule has 2 heterocycles. The highest BCUT2D eigenvalue weighted by atomic mass is 32.1. The van der Waals surface area contributed by atoms with E-state index in [9.17, 15) is 18.0 Å². The maximum absolute atomic E-state index is 13.7. The summed E-state index contributed by atoms with van der Waals surface area (Å²) in [4.78, 5) is 12.5. The summed E-state index contributed by atoms with van der Waals surface area (Å²) in [5.41, 5.74) is 1.98. The second kappa shape index (κ2) is 7.75. The standard InChI is InChI=1S/C21H15F3N4OS/c1-13(17-12-30-18-10-6-5-9-15(17)18)26-27-20(29)16-11-25-28(19(16)21(22,23)24)14-7-3-2-4-8-14/h2-12H,1H3,(H,27,29)/b26-13+. The number of alkyl halides is 3. The Labute approximate surface area is 173 Å². The molecule has 0 bridgehead atoms. The molecule has 0 saturated carbocycles. The number of halogens is 3. The number of carbonyl (C=O) groups is 1. The molecule has 0 atom stereocenters. The van der Waals surface area contributed by atoms with Crippen molar-refractivity contribution in [1.82, 2.24) is 15.2 Å². The number of fused-ring (bicyclic) bond motifs is 1. The number of benzene rings is 2. The van der Waals surface area contributed by atoms with Crippen LogP contribution < -0.4 is 5.43 Å². The molecule has 0 spiro atoms. The second-order valence-corrected chi connectivity index (χ2v) is 7.35. The zero-order valence-corrected chi connectivity index (χ0v) is 16.5. The van der Waals surface area contributed by atoms with E-state index in [-0.39, 0.29) is 5.69 Å². The van der Waals surface area contributed by atoms with Crippen LogP contribution in [0.5, 0.6) is 0 Å². The lowest BCUT2D eigenvalue weighted by molar-refractivity contribution is -0.143. The van der Waals surface area contributed by atoms with Crippen LogP contribution in [0.3, 0.4) is 0 Å². The summed E-state index contributed by atoms with van der Waals surface area (Å²) < 4.78 is 42.9. The molecule has 0 fully saturated rings. The lowest BCUT2D eigenvalue weighted by Gasteiger charge is -2.12. The van der Waals surface area contributed by atoms with Gasteiger partial charge in [-0.2, -0.15) is 23.4 Å². The largest absolute Gasteiger partial charge is 0.434 e. The number of nitrogens with one attached hydrogen (secondary N) is 1. The molecule has 5 nitrogen and oxygen atoms in total. The van der Waals surface area contributed by atoms with Crippen molar-refractivity contribution < 1.29 is 18.0 Å². The minimum Gasteiger partial charge on any atom is -0.267 e. The van der Waals surface area contributed by atoms with Crippen LogP contribution in [0.15, 0.2) is 71.3 Å². The van der Waals surface area contributed by atoms with E-state index in [2.05, 4.69) is 15.6 Å². The number of thiophene rings is 1. The minimum atomic E-state index is -4.78. The van der Waals surface area contributed by atoms with Gasteiger partial charge in [0.05, 0.1) is 23.2 Å². The van der Waals surface area contributed by atoms with E-state index < -0.39 is 23.3 Å². The lowest BCUT2D eigenvalue weighted by Crippen LogP contribution is -2.24. The third-order valence-electron chi connectivity index (χ3n) is 4.48. The Hall–Kier alpha value is -3.46. The first kappa shape index (κ1) is 19.8. The Bertz CT molecular complexity index is 1240. The third kappa shape index (κ3) is 3.71. The lowest BCUT2D eigenvalue weighted by atomic mass is 10.1. The molecule has 0 saturated heterocycles. The van der Waals surface area contributed by atoms with E-state index in [1.807, 2.05) is 29.6 Å². The highest BCUT2D eigenvalue weighted by molar-refractivity contribution is 7.17. The summed E-state index contributed by atoms with van der Waals surface area (Å²) in [5.74, 6) is -0.983. The van der Waals surface area contributed by atoms with Crippen LogP contribution in [0.4, 0.5) is 13.2 Å². The monoisotopic (exact) mass is 428 g/mol. The van der Waals surface area contributed by atoms with Gasteiger partial charge in [-0.15, -0.1) is 11.3 Å². The van der Waals surface area contributed by atoms with Gasteiger partial charge in [0.1, 0.15) is 0 Å². The van der Waals surface area contributed by atoms with Gasteiger partial charge in [-0.3, -0.25) is 4.79 Å². The molecule has 1 amide bonds. The predicted octanol–water partition coefficient (Wildman–Crippen LogP) is 5.26. The topological polar surface area (TPSA) is 59.3 Å². The van der Waals surface area contributed by atoms with Gasteiger partial charge >= 0.3 is 6.18 Å². The Morgan fingerprint density at radius 2 is 1.77 bits per heavy atom. The van der Waals surface area contributed by atoms with Crippen LogP contribution in [-0.2, 0) is 6.18 Å². The molecule has 0 aliphatic carbocycles. The van der Waals surface area contributed by atoms with E-state index in [1.54, 1.807) is 25.1 Å². The normalized spacial score (nSPS) is 12.3. The SMILES string of the molecule is C/C(=N\NC(=O)c1cnn(-c2ccccc2)c1C(F)(F)F)c1csc2ccccc12. The second-order valence-electron chi connectivity index (χ2n) is 6.44. The van der Waals surface area contributed by atoms with Gasteiger partial charge in [0.2, 0.25) is 0 Å². The highest BCUT2D eigenvalue weighted by Gasteiger charge is 2.40. The Balaban J connectivity index is 1.65. The van der Waals surface area contributed by atoms with Crippen molar-refractivity contribution in [3.8, 4) is 5.69 Å². The van der Waals surface area contributed by atoms with Gasteiger partial charge in [-0.25, -0.2) is 10.1 Å². The summed E-state index contributed by atoms with van der Waals surface area (Å²) in [5, 5.41) is 10.7. The average molecular weight is 428 g/mol. The molecule has 0 aliphatic rings. The van der Waals surface area contributed by atoms with E-state index in [4.69, 9.17) is 0 Å². The Morgan fingerprint density at radius 3 is 2.50 bits per heavy atom. The first-order valence-corrected chi connectivity index (χ1v) is 9.76. The summed E-state index contributed by atoms with van der Waals surface area (Å²) in [7, 11) is 0. The van der Waals surface area contributed by atoms with E-state index >= 15 is 0 Å². The maximum Gasteiger partial charge on any atom is 0.434 e. The van der Waals surface area contributed by atoms with Gasteiger partial charge in [-0.1, -0.05) is 36.4 Å². The van der Waals surface area contributed by atoms with Crippen molar-refractivity contribution in [2.45, 2.75) is 13.1 Å². The summed E-state index contributed by atoms with van der Waals surface area (Å²) >= 11 is 1.52. The van der Waals surface area contributed by atoms with Gasteiger partial charge in [0.15, 0.2) is 5.69 Å². The number of rotatable bonds is 4. The predicted molar refractivity (Wildman–Crippen MR) is 110 cm³/mol. The van der Waals surface area contributed by atoms with Gasteiger partial charge < -0.3 is 0 Å². The fourth-order valence-corrected chi connectivity index (χ4v) is 4.07. The number of para-hydroxylation sites is 1. The van der Waals surface area contributed by atoms with Gasteiger partial charge in [-0.05, 0) is 25.1 Å². The Kier molecular flexibility index (Phi) is 5.13. The molecule has 1 N–H and O–H groups in total. The van der Waals surface area contributed by atoms with Gasteiger partial charge in [0, 0.05) is 21.0 Å². The fourth-order valence-electron chi connectivity index (χ4n) is 3.07. The average Bonchev–Trinajstić information content (AvgIpc) is 3.37. The number of hydrazone groups is 1. The van der Waals surface area contributed by atoms with Crippen molar-refractivity contribution in [3.05, 3.63) is 83.0 Å². The first-order valence-electron chi connectivity index (χ1n) is 8.88. The van der Waals surface area contributed by atoms with Crippen LogP contribution in [0.2, 0.25) is 0 Å². The van der Waals surface area contributed by atoms with Crippen LogP contribution in [0.1, 0.15) is 28.5 Å². The number of carbonyl (C=O) groups excluding carboxylic acids is 1.